The van der Waals surface area contributed by atoms with Gasteiger partial charge in [0.2, 0.25) is 0 Å². The summed E-state index contributed by atoms with van der Waals surface area (Å²) in [4.78, 5) is 0. The van der Waals surface area contributed by atoms with Gasteiger partial charge in [-0.1, -0.05) is 19.8 Å². The molecule has 0 aliphatic carbocycles. The predicted molar refractivity (Wildman–Crippen MR) is 73.3 cm³/mol. The highest BCUT2D eigenvalue weighted by Gasteiger charge is 2.07. The van der Waals surface area contributed by atoms with Crippen molar-refractivity contribution in [3.63, 3.8) is 0 Å². The molecule has 0 saturated carbocycles. The maximum Gasteiger partial charge on any atom is 0.155 e. The first-order valence-electron chi connectivity index (χ1n) is 5.31. The summed E-state index contributed by atoms with van der Waals surface area (Å²) in [7, 11) is 0. The van der Waals surface area contributed by atoms with Crippen LogP contribution in [-0.4, -0.2) is 6.61 Å². The van der Waals surface area contributed by atoms with E-state index < -0.39 is 0 Å². The third-order valence-corrected chi connectivity index (χ3v) is 3.00. The summed E-state index contributed by atoms with van der Waals surface area (Å²) in [5, 5.41) is 8.77. The summed E-state index contributed by atoms with van der Waals surface area (Å²) in [6.07, 6.45) is 3.36. The molecule has 0 unspecified atom stereocenters. The van der Waals surface area contributed by atoms with E-state index in [4.69, 9.17) is 15.7 Å². The molecular weight excluding hydrogens is 315 g/mol. The van der Waals surface area contributed by atoms with Gasteiger partial charge in [0.05, 0.1) is 27.5 Å². The molecule has 0 aliphatic heterocycles. The first-order chi connectivity index (χ1) is 7.69. The van der Waals surface area contributed by atoms with Gasteiger partial charge in [-0.2, -0.15) is 5.26 Å². The van der Waals surface area contributed by atoms with Crippen molar-refractivity contribution in [2.45, 2.75) is 26.2 Å². The predicted octanol–water partition coefficient (Wildman–Crippen LogP) is 3.31. The molecule has 2 N–H and O–H groups in total. The number of halogens is 1. The van der Waals surface area contributed by atoms with Crippen LogP contribution in [-0.2, 0) is 0 Å². The molecule has 0 aliphatic rings. The minimum absolute atomic E-state index is 0.542. The minimum atomic E-state index is 0.542. The maximum absolute atomic E-state index is 8.77. The number of nitriles is 1. The molecule has 0 amide bonds. The average molecular weight is 330 g/mol. The Labute approximate surface area is 110 Å². The van der Waals surface area contributed by atoms with Gasteiger partial charge < -0.3 is 10.5 Å². The molecule has 0 atom stereocenters. The third kappa shape index (κ3) is 3.56. The molecular formula is C12H15IN2O. The normalized spacial score (nSPS) is 9.81. The summed E-state index contributed by atoms with van der Waals surface area (Å²) in [5.74, 6) is 0.704. The highest BCUT2D eigenvalue weighted by atomic mass is 127. The van der Waals surface area contributed by atoms with Crippen LogP contribution in [0.3, 0.4) is 0 Å². The van der Waals surface area contributed by atoms with Crippen LogP contribution in [0.15, 0.2) is 12.1 Å². The first kappa shape index (κ1) is 13.1. The van der Waals surface area contributed by atoms with E-state index in [1.165, 1.54) is 6.42 Å². The minimum Gasteiger partial charge on any atom is -0.490 e. The zero-order valence-electron chi connectivity index (χ0n) is 9.29. The van der Waals surface area contributed by atoms with Crippen molar-refractivity contribution < 1.29 is 4.74 Å². The van der Waals surface area contributed by atoms with Crippen LogP contribution >= 0.6 is 22.6 Å². The summed E-state index contributed by atoms with van der Waals surface area (Å²) in [6, 6.07) is 5.51. The monoisotopic (exact) mass is 330 g/mol. The molecule has 16 heavy (non-hydrogen) atoms. The topological polar surface area (TPSA) is 59.0 Å². The molecule has 3 nitrogen and oxygen atoms in total. The van der Waals surface area contributed by atoms with E-state index in [1.54, 1.807) is 12.1 Å². The highest BCUT2D eigenvalue weighted by molar-refractivity contribution is 14.1. The second-order valence-electron chi connectivity index (χ2n) is 3.54. The molecule has 0 heterocycles. The number of anilines is 1. The molecule has 0 fully saturated rings. The summed E-state index contributed by atoms with van der Waals surface area (Å²) in [5.41, 5.74) is 6.95. The number of hydrogen-bond donors (Lipinski definition) is 1. The van der Waals surface area contributed by atoms with Crippen LogP contribution in [0.5, 0.6) is 5.75 Å². The molecule has 1 rings (SSSR count). The highest BCUT2D eigenvalue weighted by Crippen LogP contribution is 2.29. The molecule has 0 saturated heterocycles. The smallest absolute Gasteiger partial charge is 0.155 e. The molecule has 0 radical (unpaired) electrons. The molecule has 0 aromatic heterocycles. The largest absolute Gasteiger partial charge is 0.490 e. The fraction of sp³-hybridized carbons (Fsp3) is 0.417. The number of benzene rings is 1. The summed E-state index contributed by atoms with van der Waals surface area (Å²) < 4.78 is 6.52. The van der Waals surface area contributed by atoms with Crippen molar-refractivity contribution in [2.24, 2.45) is 0 Å². The van der Waals surface area contributed by atoms with E-state index in [9.17, 15) is 0 Å². The Bertz CT molecular complexity index is 375. The van der Waals surface area contributed by atoms with Gasteiger partial charge in [-0.25, -0.2) is 0 Å². The first-order valence-corrected chi connectivity index (χ1v) is 6.38. The van der Waals surface area contributed by atoms with Crippen molar-refractivity contribution >= 4 is 28.3 Å². The van der Waals surface area contributed by atoms with Gasteiger partial charge in [0.25, 0.3) is 0 Å². The van der Waals surface area contributed by atoms with Gasteiger partial charge >= 0.3 is 0 Å². The van der Waals surface area contributed by atoms with E-state index in [0.717, 1.165) is 16.4 Å². The molecule has 0 bridgehead atoms. The van der Waals surface area contributed by atoms with E-state index >= 15 is 0 Å². The van der Waals surface area contributed by atoms with E-state index in [1.807, 2.05) is 0 Å². The van der Waals surface area contributed by atoms with Gasteiger partial charge in [0, 0.05) is 0 Å². The lowest BCUT2D eigenvalue weighted by molar-refractivity contribution is 0.306. The average Bonchev–Trinajstić information content (AvgIpc) is 2.26. The lowest BCUT2D eigenvalue weighted by Crippen LogP contribution is -2.02. The molecule has 4 heteroatoms. The van der Waals surface area contributed by atoms with Crippen molar-refractivity contribution in [2.75, 3.05) is 12.3 Å². The Balaban J connectivity index is 2.70. The van der Waals surface area contributed by atoms with Crippen LogP contribution in [0.25, 0.3) is 0 Å². The SMILES string of the molecule is CCCCCOc1c(N)cc(C#N)cc1I. The molecule has 86 valence electrons. The summed E-state index contributed by atoms with van der Waals surface area (Å²) in [6.45, 7) is 2.83. The van der Waals surface area contributed by atoms with Crippen LogP contribution < -0.4 is 10.5 Å². The number of ether oxygens (including phenoxy) is 1. The van der Waals surface area contributed by atoms with Crippen molar-refractivity contribution in [1.82, 2.24) is 0 Å². The van der Waals surface area contributed by atoms with Crippen molar-refractivity contribution in [3.8, 4) is 11.8 Å². The number of nitrogens with two attached hydrogens (primary N) is 1. The molecule has 1 aromatic carbocycles. The molecule has 0 spiro atoms. The Morgan fingerprint density at radius 2 is 2.19 bits per heavy atom. The van der Waals surface area contributed by atoms with Crippen LogP contribution in [0, 0.1) is 14.9 Å². The quantitative estimate of drug-likeness (QED) is 0.512. The Hall–Kier alpha value is -0.960. The van der Waals surface area contributed by atoms with Crippen LogP contribution in [0.4, 0.5) is 5.69 Å². The zero-order chi connectivity index (χ0) is 12.0. The standard InChI is InChI=1S/C12H15IN2O/c1-2-3-4-5-16-12-10(13)6-9(8-14)7-11(12)15/h6-7H,2-5,15H2,1H3. The van der Waals surface area contributed by atoms with E-state index in [-0.39, 0.29) is 0 Å². The van der Waals surface area contributed by atoms with Crippen LogP contribution in [0.2, 0.25) is 0 Å². The van der Waals surface area contributed by atoms with Crippen molar-refractivity contribution in [1.29, 1.82) is 5.26 Å². The lowest BCUT2D eigenvalue weighted by atomic mass is 10.2. The fourth-order valence-corrected chi connectivity index (χ4v) is 2.16. The van der Waals surface area contributed by atoms with E-state index in [2.05, 4.69) is 35.6 Å². The fourth-order valence-electron chi connectivity index (χ4n) is 1.36. The van der Waals surface area contributed by atoms with E-state index in [0.29, 0.717) is 23.6 Å². The summed E-state index contributed by atoms with van der Waals surface area (Å²) >= 11 is 2.14. The second-order valence-corrected chi connectivity index (χ2v) is 4.71. The van der Waals surface area contributed by atoms with Gasteiger partial charge in [0.1, 0.15) is 0 Å². The number of nitrogens with zero attached hydrogens (tertiary/aromatic N) is 1. The number of nitrogen functional groups attached to an aromatic ring is 1. The maximum atomic E-state index is 8.77. The Kier molecular flexibility index (Phi) is 5.39. The number of unbranched alkanes of at least 4 members (excludes halogenated alkanes) is 2. The number of hydrogen-bond acceptors (Lipinski definition) is 3. The number of rotatable bonds is 5. The lowest BCUT2D eigenvalue weighted by Gasteiger charge is -2.10. The van der Waals surface area contributed by atoms with Crippen molar-refractivity contribution in [3.05, 3.63) is 21.3 Å². The second kappa shape index (κ2) is 6.59. The zero-order valence-corrected chi connectivity index (χ0v) is 11.5. The van der Waals surface area contributed by atoms with Gasteiger partial charge in [-0.05, 0) is 41.1 Å². The molecule has 1 aromatic rings. The van der Waals surface area contributed by atoms with Gasteiger partial charge in [-0.15, -0.1) is 0 Å². The van der Waals surface area contributed by atoms with Gasteiger partial charge in [-0.3, -0.25) is 0 Å². The van der Waals surface area contributed by atoms with Crippen LogP contribution in [0.1, 0.15) is 31.7 Å². The Morgan fingerprint density at radius 3 is 2.75 bits per heavy atom. The third-order valence-electron chi connectivity index (χ3n) is 2.20. The van der Waals surface area contributed by atoms with Gasteiger partial charge in [0.15, 0.2) is 5.75 Å². The Morgan fingerprint density at radius 1 is 1.44 bits per heavy atom.